The molecule has 2 heterocycles. The Morgan fingerprint density at radius 3 is 3.00 bits per heavy atom. The number of hydrogen-bond donors (Lipinski definition) is 2. The number of hydrogen-bond acceptors (Lipinski definition) is 3. The summed E-state index contributed by atoms with van der Waals surface area (Å²) in [5.41, 5.74) is 2.24. The molecule has 1 aromatic rings. The smallest absolute Gasteiger partial charge is 0.103 e. The third kappa shape index (κ3) is 1.72. The van der Waals surface area contributed by atoms with Gasteiger partial charge in [0.2, 0.25) is 0 Å². The van der Waals surface area contributed by atoms with Crippen LogP contribution < -0.4 is 5.32 Å². The quantitative estimate of drug-likeness (QED) is 0.718. The van der Waals surface area contributed by atoms with E-state index < -0.39 is 0 Å². The third-order valence-electron chi connectivity index (χ3n) is 2.63. The molecule has 0 saturated carbocycles. The van der Waals surface area contributed by atoms with Crippen LogP contribution in [0.15, 0.2) is 0 Å². The second-order valence-electron chi connectivity index (χ2n) is 3.51. The van der Waals surface area contributed by atoms with Crippen LogP contribution in [-0.2, 0) is 6.42 Å². The van der Waals surface area contributed by atoms with Gasteiger partial charge in [-0.3, -0.25) is 0 Å². The second-order valence-corrected chi connectivity index (χ2v) is 3.51. The lowest BCUT2D eigenvalue weighted by Gasteiger charge is -2.21. The van der Waals surface area contributed by atoms with Crippen molar-refractivity contribution in [2.75, 3.05) is 6.54 Å². The summed E-state index contributed by atoms with van der Waals surface area (Å²) in [5, 5.41) is 14.5. The molecule has 1 aliphatic rings. The average Bonchev–Trinajstić information content (AvgIpc) is 2.67. The van der Waals surface area contributed by atoms with E-state index in [0.717, 1.165) is 24.4 Å². The standard InChI is InChI=1S/C9H16N4/c1-2-7-9(12-13-11-7)8-5-3-4-6-10-8/h8,10H,2-6H2,1H3,(H,11,12,13). The molecular formula is C9H16N4. The van der Waals surface area contributed by atoms with Crippen LogP contribution in [0.4, 0.5) is 0 Å². The maximum absolute atomic E-state index is 4.21. The van der Waals surface area contributed by atoms with E-state index in [-0.39, 0.29) is 0 Å². The lowest BCUT2D eigenvalue weighted by molar-refractivity contribution is 0.403. The predicted molar refractivity (Wildman–Crippen MR) is 50.4 cm³/mol. The number of aryl methyl sites for hydroxylation is 1. The number of rotatable bonds is 2. The van der Waals surface area contributed by atoms with E-state index in [9.17, 15) is 0 Å². The summed E-state index contributed by atoms with van der Waals surface area (Å²) in [6, 6.07) is 0.433. The first-order valence-corrected chi connectivity index (χ1v) is 5.04. The van der Waals surface area contributed by atoms with Gasteiger partial charge in [0.25, 0.3) is 0 Å². The van der Waals surface area contributed by atoms with Crippen molar-refractivity contribution in [3.8, 4) is 0 Å². The zero-order valence-electron chi connectivity index (χ0n) is 8.01. The first-order valence-electron chi connectivity index (χ1n) is 5.04. The molecule has 13 heavy (non-hydrogen) atoms. The number of H-pyrrole nitrogens is 1. The van der Waals surface area contributed by atoms with Gasteiger partial charge in [0.15, 0.2) is 0 Å². The van der Waals surface area contributed by atoms with Crippen molar-refractivity contribution < 1.29 is 0 Å². The fourth-order valence-electron chi connectivity index (χ4n) is 1.89. The van der Waals surface area contributed by atoms with Gasteiger partial charge in [-0.25, -0.2) is 0 Å². The molecule has 1 unspecified atom stereocenters. The van der Waals surface area contributed by atoms with E-state index in [1.165, 1.54) is 19.3 Å². The van der Waals surface area contributed by atoms with Gasteiger partial charge in [0.1, 0.15) is 5.69 Å². The number of nitrogens with one attached hydrogen (secondary N) is 2. The van der Waals surface area contributed by atoms with Crippen LogP contribution in [0.2, 0.25) is 0 Å². The van der Waals surface area contributed by atoms with Gasteiger partial charge in [-0.15, -0.1) is 0 Å². The summed E-state index contributed by atoms with van der Waals surface area (Å²) in [6.07, 6.45) is 4.74. The first-order chi connectivity index (χ1) is 6.42. The Labute approximate surface area is 78.1 Å². The lowest BCUT2D eigenvalue weighted by Crippen LogP contribution is -2.27. The average molecular weight is 180 g/mol. The molecule has 0 bridgehead atoms. The van der Waals surface area contributed by atoms with E-state index in [2.05, 4.69) is 27.7 Å². The van der Waals surface area contributed by atoms with Crippen molar-refractivity contribution in [1.82, 2.24) is 20.7 Å². The summed E-state index contributed by atoms with van der Waals surface area (Å²) in [7, 11) is 0. The highest BCUT2D eigenvalue weighted by molar-refractivity contribution is 5.13. The Kier molecular flexibility index (Phi) is 2.59. The van der Waals surface area contributed by atoms with Gasteiger partial charge in [-0.05, 0) is 25.8 Å². The molecule has 1 aliphatic heterocycles. The van der Waals surface area contributed by atoms with Crippen molar-refractivity contribution in [3.05, 3.63) is 11.4 Å². The van der Waals surface area contributed by atoms with E-state index in [0.29, 0.717) is 6.04 Å². The molecule has 0 aromatic carbocycles. The van der Waals surface area contributed by atoms with Crippen LogP contribution in [0.5, 0.6) is 0 Å². The molecule has 4 heteroatoms. The van der Waals surface area contributed by atoms with Crippen molar-refractivity contribution >= 4 is 0 Å². The molecule has 1 saturated heterocycles. The van der Waals surface area contributed by atoms with Gasteiger partial charge < -0.3 is 5.32 Å². The van der Waals surface area contributed by atoms with Crippen molar-refractivity contribution in [1.29, 1.82) is 0 Å². The van der Waals surface area contributed by atoms with Gasteiger partial charge in [0.05, 0.1) is 11.7 Å². The van der Waals surface area contributed by atoms with Crippen LogP contribution in [0.25, 0.3) is 0 Å². The van der Waals surface area contributed by atoms with Crippen LogP contribution in [0, 0.1) is 0 Å². The molecule has 0 aliphatic carbocycles. The molecule has 4 nitrogen and oxygen atoms in total. The molecule has 2 N–H and O–H groups in total. The van der Waals surface area contributed by atoms with Gasteiger partial charge >= 0.3 is 0 Å². The fraction of sp³-hybridized carbons (Fsp3) is 0.778. The molecule has 1 aromatic heterocycles. The zero-order valence-corrected chi connectivity index (χ0v) is 8.01. The van der Waals surface area contributed by atoms with E-state index in [4.69, 9.17) is 0 Å². The molecule has 0 radical (unpaired) electrons. The molecule has 1 atom stereocenters. The third-order valence-corrected chi connectivity index (χ3v) is 2.63. The minimum atomic E-state index is 0.433. The van der Waals surface area contributed by atoms with Crippen molar-refractivity contribution in [3.63, 3.8) is 0 Å². The minimum Gasteiger partial charge on any atom is -0.309 e. The highest BCUT2D eigenvalue weighted by Crippen LogP contribution is 2.22. The Hall–Kier alpha value is -0.900. The van der Waals surface area contributed by atoms with Gasteiger partial charge in [-0.2, -0.15) is 15.4 Å². The largest absolute Gasteiger partial charge is 0.309 e. The zero-order chi connectivity index (χ0) is 9.10. The molecule has 2 rings (SSSR count). The topological polar surface area (TPSA) is 53.6 Å². The monoisotopic (exact) mass is 180 g/mol. The summed E-state index contributed by atoms with van der Waals surface area (Å²) < 4.78 is 0. The second kappa shape index (κ2) is 3.87. The van der Waals surface area contributed by atoms with Gasteiger partial charge in [-0.1, -0.05) is 13.3 Å². The maximum Gasteiger partial charge on any atom is 0.103 e. The van der Waals surface area contributed by atoms with E-state index in [1.54, 1.807) is 0 Å². The summed E-state index contributed by atoms with van der Waals surface area (Å²) in [4.78, 5) is 0. The Balaban J connectivity index is 2.13. The Bertz CT molecular complexity index is 262. The highest BCUT2D eigenvalue weighted by atomic mass is 15.3. The van der Waals surface area contributed by atoms with E-state index >= 15 is 0 Å². The SMILES string of the molecule is CCc1n[nH]nc1C1CCCCN1. The molecular weight excluding hydrogens is 164 g/mol. The van der Waals surface area contributed by atoms with Crippen LogP contribution >= 0.6 is 0 Å². The minimum absolute atomic E-state index is 0.433. The predicted octanol–water partition coefficient (Wildman–Crippen LogP) is 1.18. The lowest BCUT2D eigenvalue weighted by atomic mass is 10.0. The number of aromatic nitrogens is 3. The Morgan fingerprint density at radius 1 is 1.38 bits per heavy atom. The summed E-state index contributed by atoms with van der Waals surface area (Å²) >= 11 is 0. The van der Waals surface area contributed by atoms with Crippen molar-refractivity contribution in [2.45, 2.75) is 38.6 Å². The number of nitrogens with zero attached hydrogens (tertiary/aromatic N) is 2. The van der Waals surface area contributed by atoms with E-state index in [1.807, 2.05) is 0 Å². The fourth-order valence-corrected chi connectivity index (χ4v) is 1.89. The normalized spacial score (nSPS) is 23.3. The highest BCUT2D eigenvalue weighted by Gasteiger charge is 2.20. The summed E-state index contributed by atoms with van der Waals surface area (Å²) in [5.74, 6) is 0. The molecule has 1 fully saturated rings. The summed E-state index contributed by atoms with van der Waals surface area (Å²) in [6.45, 7) is 3.23. The number of piperidine rings is 1. The number of aromatic amines is 1. The van der Waals surface area contributed by atoms with Crippen LogP contribution in [0.3, 0.4) is 0 Å². The molecule has 72 valence electrons. The van der Waals surface area contributed by atoms with Crippen LogP contribution in [0.1, 0.15) is 43.6 Å². The molecule has 0 amide bonds. The first kappa shape index (κ1) is 8.69. The van der Waals surface area contributed by atoms with Crippen LogP contribution in [-0.4, -0.2) is 22.0 Å². The molecule has 0 spiro atoms. The van der Waals surface area contributed by atoms with Gasteiger partial charge in [0, 0.05) is 0 Å². The van der Waals surface area contributed by atoms with Crippen molar-refractivity contribution in [2.24, 2.45) is 0 Å². The Morgan fingerprint density at radius 2 is 2.31 bits per heavy atom. The maximum atomic E-state index is 4.21.